The summed E-state index contributed by atoms with van der Waals surface area (Å²) in [6, 6.07) is 15.5. The molecule has 1 N–H and O–H groups in total. The third-order valence-electron chi connectivity index (χ3n) is 5.07. The second-order valence-electron chi connectivity index (χ2n) is 7.96. The normalized spacial score (nSPS) is 12.0. The molecule has 0 bridgehead atoms. The van der Waals surface area contributed by atoms with E-state index in [0.717, 1.165) is 35.2 Å². The van der Waals surface area contributed by atoms with Crippen molar-refractivity contribution < 1.29 is 4.79 Å². The highest BCUT2D eigenvalue weighted by Gasteiger charge is 2.10. The van der Waals surface area contributed by atoms with Crippen molar-refractivity contribution in [3.8, 4) is 17.5 Å². The summed E-state index contributed by atoms with van der Waals surface area (Å²) in [4.78, 5) is 17.0. The quantitative estimate of drug-likeness (QED) is 0.294. The van der Waals surface area contributed by atoms with E-state index in [0.29, 0.717) is 18.0 Å². The third-order valence-corrected chi connectivity index (χ3v) is 5.07. The van der Waals surface area contributed by atoms with Crippen LogP contribution in [0.3, 0.4) is 0 Å². The van der Waals surface area contributed by atoms with E-state index >= 15 is 0 Å². The second kappa shape index (κ2) is 12.2. The number of hydrogen-bond acceptors (Lipinski definition) is 3. The summed E-state index contributed by atoms with van der Waals surface area (Å²) in [6.45, 7) is 6.73. The van der Waals surface area contributed by atoms with Crippen LogP contribution in [0, 0.1) is 24.7 Å². The first-order valence-corrected chi connectivity index (χ1v) is 11.2. The molecule has 3 rings (SSSR count). The van der Waals surface area contributed by atoms with Crippen molar-refractivity contribution in [3.05, 3.63) is 95.5 Å². The fourth-order valence-electron chi connectivity index (χ4n) is 3.34. The third kappa shape index (κ3) is 7.33. The molecule has 1 heterocycles. The Morgan fingerprint density at radius 2 is 2.09 bits per heavy atom. The van der Waals surface area contributed by atoms with Crippen molar-refractivity contribution in [1.82, 2.24) is 15.1 Å². The number of aromatic nitrogens is 2. The molecule has 0 saturated carbocycles. The van der Waals surface area contributed by atoms with E-state index in [4.69, 9.17) is 0 Å². The van der Waals surface area contributed by atoms with Crippen molar-refractivity contribution in [2.45, 2.75) is 33.6 Å². The van der Waals surface area contributed by atoms with Crippen LogP contribution in [0.5, 0.6) is 0 Å². The summed E-state index contributed by atoms with van der Waals surface area (Å²) in [5, 5.41) is 7.34. The number of benzene rings is 2. The van der Waals surface area contributed by atoms with Gasteiger partial charge in [0.25, 0.3) is 5.91 Å². The van der Waals surface area contributed by atoms with Gasteiger partial charge in [0.15, 0.2) is 0 Å². The Morgan fingerprint density at radius 3 is 2.85 bits per heavy atom. The molecule has 1 unspecified atom stereocenters. The van der Waals surface area contributed by atoms with Crippen LogP contribution >= 0.6 is 0 Å². The minimum atomic E-state index is -0.101. The standard InChI is InChI=1S/C28H30N4O/c1-4-15-29-21-23(3)9-6-16-30-28(33)26-13-14-27(32-18-7-17-31-32)25(20-26)12-11-24-10-5-8-22(2)19-24/h4-5,7-8,10,13-15,17-21,23H,6,9,16H2,1-3H3,(H,30,33)/b15-4-,29-21?. The van der Waals surface area contributed by atoms with Gasteiger partial charge in [0, 0.05) is 42.5 Å². The van der Waals surface area contributed by atoms with Gasteiger partial charge < -0.3 is 5.32 Å². The molecule has 2 aromatic carbocycles. The molecular formula is C28H30N4O. The fourth-order valence-corrected chi connectivity index (χ4v) is 3.34. The monoisotopic (exact) mass is 438 g/mol. The fraction of sp³-hybridized carbons (Fsp3) is 0.250. The van der Waals surface area contributed by atoms with Gasteiger partial charge in [-0.3, -0.25) is 9.79 Å². The Morgan fingerprint density at radius 1 is 1.21 bits per heavy atom. The van der Waals surface area contributed by atoms with E-state index in [1.807, 2.05) is 80.9 Å². The molecule has 0 aliphatic rings. The number of carbonyl (C=O) groups is 1. The summed E-state index contributed by atoms with van der Waals surface area (Å²) >= 11 is 0. The van der Waals surface area contributed by atoms with Crippen LogP contribution in [0.25, 0.3) is 5.69 Å². The van der Waals surface area contributed by atoms with Crippen molar-refractivity contribution in [1.29, 1.82) is 0 Å². The lowest BCUT2D eigenvalue weighted by Gasteiger charge is -2.10. The average Bonchev–Trinajstić information content (AvgIpc) is 3.35. The van der Waals surface area contributed by atoms with E-state index in [1.165, 1.54) is 0 Å². The predicted molar refractivity (Wildman–Crippen MR) is 135 cm³/mol. The molecule has 3 aromatic rings. The highest BCUT2D eigenvalue weighted by Crippen LogP contribution is 2.16. The van der Waals surface area contributed by atoms with Gasteiger partial charge in [0.1, 0.15) is 0 Å². The first-order chi connectivity index (χ1) is 16.1. The highest BCUT2D eigenvalue weighted by molar-refractivity contribution is 5.95. The summed E-state index contributed by atoms with van der Waals surface area (Å²) in [7, 11) is 0. The molecule has 33 heavy (non-hydrogen) atoms. The van der Waals surface area contributed by atoms with Gasteiger partial charge in [-0.1, -0.05) is 37.0 Å². The van der Waals surface area contributed by atoms with Crippen LogP contribution in [0.2, 0.25) is 0 Å². The molecule has 0 aliphatic heterocycles. The first kappa shape index (κ1) is 23.7. The Hall–Kier alpha value is -3.91. The Bertz CT molecular complexity index is 1180. The number of hydrogen-bond donors (Lipinski definition) is 1. The van der Waals surface area contributed by atoms with Crippen molar-refractivity contribution in [2.24, 2.45) is 10.9 Å². The topological polar surface area (TPSA) is 59.3 Å². The van der Waals surface area contributed by atoms with Crippen LogP contribution in [0.4, 0.5) is 0 Å². The second-order valence-corrected chi connectivity index (χ2v) is 7.96. The van der Waals surface area contributed by atoms with Gasteiger partial charge in [0.2, 0.25) is 0 Å². The van der Waals surface area contributed by atoms with Gasteiger partial charge in [0.05, 0.1) is 11.3 Å². The Kier molecular flexibility index (Phi) is 8.79. The van der Waals surface area contributed by atoms with E-state index in [-0.39, 0.29) is 5.91 Å². The molecule has 1 amide bonds. The number of aliphatic imine (C=N–C) groups is 1. The van der Waals surface area contributed by atoms with Crippen LogP contribution in [-0.2, 0) is 0 Å². The average molecular weight is 439 g/mol. The smallest absolute Gasteiger partial charge is 0.251 e. The largest absolute Gasteiger partial charge is 0.352 e. The maximum absolute atomic E-state index is 12.8. The number of nitrogens with zero attached hydrogens (tertiary/aromatic N) is 3. The van der Waals surface area contributed by atoms with Gasteiger partial charge >= 0.3 is 0 Å². The highest BCUT2D eigenvalue weighted by atomic mass is 16.1. The molecular weight excluding hydrogens is 408 g/mol. The maximum atomic E-state index is 12.8. The van der Waals surface area contributed by atoms with Crippen LogP contribution in [-0.4, -0.2) is 28.4 Å². The Labute approximate surface area is 196 Å². The van der Waals surface area contributed by atoms with E-state index in [2.05, 4.69) is 34.2 Å². The predicted octanol–water partition coefficient (Wildman–Crippen LogP) is 5.33. The summed E-state index contributed by atoms with van der Waals surface area (Å²) in [5.41, 5.74) is 4.27. The molecule has 5 heteroatoms. The van der Waals surface area contributed by atoms with E-state index in [9.17, 15) is 4.79 Å². The SMILES string of the molecule is C/C=C\N=CC(C)CCCNC(=O)c1ccc(-n2cccn2)c(C#Cc2cccc(C)c2)c1. The van der Waals surface area contributed by atoms with Crippen LogP contribution in [0.15, 0.2) is 78.2 Å². The first-order valence-electron chi connectivity index (χ1n) is 11.2. The number of nitrogens with one attached hydrogen (secondary N) is 1. The van der Waals surface area contributed by atoms with Gasteiger partial charge in [-0.2, -0.15) is 5.10 Å². The number of rotatable bonds is 8. The van der Waals surface area contributed by atoms with Gasteiger partial charge in [-0.15, -0.1) is 0 Å². The van der Waals surface area contributed by atoms with Crippen LogP contribution in [0.1, 0.15) is 53.7 Å². The lowest BCUT2D eigenvalue weighted by Crippen LogP contribution is -2.25. The number of aryl methyl sites for hydroxylation is 1. The minimum Gasteiger partial charge on any atom is -0.352 e. The zero-order chi connectivity index (χ0) is 23.5. The maximum Gasteiger partial charge on any atom is 0.251 e. The van der Waals surface area contributed by atoms with Crippen molar-refractivity contribution in [2.75, 3.05) is 6.54 Å². The molecule has 168 valence electrons. The summed E-state index contributed by atoms with van der Waals surface area (Å²) in [6.07, 6.45) is 11.1. The molecule has 1 atom stereocenters. The van der Waals surface area contributed by atoms with E-state index in [1.54, 1.807) is 17.1 Å². The lowest BCUT2D eigenvalue weighted by atomic mass is 10.1. The zero-order valence-electron chi connectivity index (χ0n) is 19.5. The molecule has 0 fully saturated rings. The molecule has 1 aromatic heterocycles. The van der Waals surface area contributed by atoms with Gasteiger partial charge in [-0.25, -0.2) is 4.68 Å². The summed E-state index contributed by atoms with van der Waals surface area (Å²) < 4.78 is 1.76. The molecule has 5 nitrogen and oxygen atoms in total. The summed E-state index contributed by atoms with van der Waals surface area (Å²) in [5.74, 6) is 6.72. The molecule has 0 aliphatic carbocycles. The molecule has 0 spiro atoms. The molecule has 0 saturated heterocycles. The molecule has 0 radical (unpaired) electrons. The Balaban J connectivity index is 1.71. The van der Waals surface area contributed by atoms with Crippen LogP contribution < -0.4 is 5.32 Å². The van der Waals surface area contributed by atoms with Crippen molar-refractivity contribution in [3.63, 3.8) is 0 Å². The van der Waals surface area contributed by atoms with E-state index < -0.39 is 0 Å². The number of carbonyl (C=O) groups excluding carboxylic acids is 1. The number of allylic oxidation sites excluding steroid dienone is 1. The number of amides is 1. The van der Waals surface area contributed by atoms with Gasteiger partial charge in [-0.05, 0) is 74.6 Å². The zero-order valence-corrected chi connectivity index (χ0v) is 19.5. The minimum absolute atomic E-state index is 0.101. The lowest BCUT2D eigenvalue weighted by molar-refractivity contribution is 0.0952. The van der Waals surface area contributed by atoms with Crippen molar-refractivity contribution >= 4 is 12.1 Å².